The maximum atomic E-state index is 12.6. The summed E-state index contributed by atoms with van der Waals surface area (Å²) in [6.07, 6.45) is 28.0. The summed E-state index contributed by atoms with van der Waals surface area (Å²) in [6, 6.07) is -1.02. The number of nitrogens with two attached hydrogens (primary N) is 1. The first-order valence-corrected chi connectivity index (χ1v) is 17.3. The van der Waals surface area contributed by atoms with Gasteiger partial charge in [-0.15, -0.1) is 0 Å². The lowest BCUT2D eigenvalue weighted by Crippen LogP contribution is -2.46. The fourth-order valence-corrected chi connectivity index (χ4v) is 4.73. The van der Waals surface area contributed by atoms with Crippen LogP contribution >= 0.6 is 7.82 Å². The smallest absolute Gasteiger partial charge is 0.392 e. The minimum atomic E-state index is -4.40. The second kappa shape index (κ2) is 28.2. The molecule has 0 heterocycles. The molecule has 0 radical (unpaired) electrons. The lowest BCUT2D eigenvalue weighted by atomic mass is 10.1. The van der Waals surface area contributed by atoms with Crippen molar-refractivity contribution in [2.75, 3.05) is 19.8 Å². The molecule has 0 bridgehead atoms. The SMILES string of the molecule is CCCCC/C=C/CC/C=C/CC/C=C/C(O)C(COP(=O)(O)OCCN)NC(=O)CC(O)C/C=C\CCCCCC. The van der Waals surface area contributed by atoms with Crippen LogP contribution in [0.1, 0.15) is 110 Å². The zero-order valence-electron chi connectivity index (χ0n) is 26.1. The van der Waals surface area contributed by atoms with Gasteiger partial charge in [-0.25, -0.2) is 4.57 Å². The lowest BCUT2D eigenvalue weighted by Gasteiger charge is -2.23. The highest BCUT2D eigenvalue weighted by molar-refractivity contribution is 7.47. The summed E-state index contributed by atoms with van der Waals surface area (Å²) < 4.78 is 21.8. The standard InChI is InChI=1S/C32H59N2O7P/c1-3-5-7-9-11-12-13-14-15-16-18-20-22-24-31(36)30(28-41-42(38,39)40-26-25-33)34-32(37)27-29(35)23-21-19-17-10-8-6-4-2/h11-12,15-16,19,21-22,24,29-31,35-36H,3-10,13-14,17-18,20,23,25-28,33H2,1-2H3,(H,34,37)(H,38,39)/b12-11+,16-15+,21-19-,24-22+. The fourth-order valence-electron chi connectivity index (χ4n) is 3.97. The number of nitrogens with one attached hydrogen (secondary N) is 1. The van der Waals surface area contributed by atoms with Crippen molar-refractivity contribution in [3.05, 3.63) is 48.6 Å². The van der Waals surface area contributed by atoms with Crippen LogP contribution in [-0.2, 0) is 18.4 Å². The van der Waals surface area contributed by atoms with E-state index in [-0.39, 0.29) is 19.6 Å². The number of aliphatic hydroxyl groups is 2. The van der Waals surface area contributed by atoms with Crippen molar-refractivity contribution in [3.8, 4) is 0 Å². The van der Waals surface area contributed by atoms with Crippen LogP contribution in [-0.4, -0.2) is 59.0 Å². The number of phosphoric acid groups is 1. The highest BCUT2D eigenvalue weighted by Gasteiger charge is 2.27. The Hall–Kier alpha value is -1.58. The predicted molar refractivity (Wildman–Crippen MR) is 172 cm³/mol. The van der Waals surface area contributed by atoms with Crippen LogP contribution in [0.2, 0.25) is 0 Å². The molecule has 10 heteroatoms. The molecule has 1 amide bonds. The van der Waals surface area contributed by atoms with Gasteiger partial charge in [0.25, 0.3) is 0 Å². The van der Waals surface area contributed by atoms with Crippen LogP contribution in [0.4, 0.5) is 0 Å². The molecule has 4 atom stereocenters. The van der Waals surface area contributed by atoms with E-state index >= 15 is 0 Å². The second-order valence-electron chi connectivity index (χ2n) is 10.5. The third kappa shape index (κ3) is 26.1. The molecule has 0 fully saturated rings. The molecule has 0 rings (SSSR count). The average molecular weight is 615 g/mol. The van der Waals surface area contributed by atoms with Crippen molar-refractivity contribution >= 4 is 13.7 Å². The Balaban J connectivity index is 4.73. The molecule has 42 heavy (non-hydrogen) atoms. The van der Waals surface area contributed by atoms with Crippen molar-refractivity contribution in [3.63, 3.8) is 0 Å². The van der Waals surface area contributed by atoms with Gasteiger partial charge in [-0.3, -0.25) is 13.8 Å². The number of hydrogen-bond donors (Lipinski definition) is 5. The van der Waals surface area contributed by atoms with E-state index in [9.17, 15) is 24.5 Å². The topological polar surface area (TPSA) is 151 Å². The molecule has 0 saturated carbocycles. The molecule has 9 nitrogen and oxygen atoms in total. The molecule has 4 unspecified atom stereocenters. The number of phosphoric ester groups is 1. The van der Waals surface area contributed by atoms with E-state index in [4.69, 9.17) is 14.8 Å². The zero-order valence-corrected chi connectivity index (χ0v) is 27.0. The second-order valence-corrected chi connectivity index (χ2v) is 11.9. The average Bonchev–Trinajstić information content (AvgIpc) is 2.96. The Morgan fingerprint density at radius 2 is 1.36 bits per heavy atom. The minimum Gasteiger partial charge on any atom is -0.392 e. The summed E-state index contributed by atoms with van der Waals surface area (Å²) >= 11 is 0. The van der Waals surface area contributed by atoms with E-state index in [1.165, 1.54) is 44.6 Å². The van der Waals surface area contributed by atoms with Gasteiger partial charge in [0.2, 0.25) is 5.91 Å². The van der Waals surface area contributed by atoms with Crippen molar-refractivity contribution < 1.29 is 33.5 Å². The quantitative estimate of drug-likeness (QED) is 0.0386. The van der Waals surface area contributed by atoms with Gasteiger partial charge in [0.05, 0.1) is 37.9 Å². The number of amides is 1. The van der Waals surface area contributed by atoms with Crippen LogP contribution in [0.15, 0.2) is 48.6 Å². The van der Waals surface area contributed by atoms with E-state index < -0.39 is 38.6 Å². The van der Waals surface area contributed by atoms with Crippen LogP contribution in [0.25, 0.3) is 0 Å². The summed E-state index contributed by atoms with van der Waals surface area (Å²) in [5.74, 6) is -0.502. The number of unbranched alkanes of at least 4 members (excludes halogenated alkanes) is 9. The molecular weight excluding hydrogens is 555 g/mol. The molecule has 0 aromatic rings. The number of aliphatic hydroxyl groups excluding tert-OH is 2. The lowest BCUT2D eigenvalue weighted by molar-refractivity contribution is -0.124. The van der Waals surface area contributed by atoms with Gasteiger partial charge < -0.3 is 26.2 Å². The first-order valence-electron chi connectivity index (χ1n) is 15.8. The first-order chi connectivity index (χ1) is 20.3. The number of carbonyl (C=O) groups excluding carboxylic acids is 1. The van der Waals surface area contributed by atoms with Crippen LogP contribution in [0.3, 0.4) is 0 Å². The monoisotopic (exact) mass is 614 g/mol. The molecule has 244 valence electrons. The maximum Gasteiger partial charge on any atom is 0.472 e. The van der Waals surface area contributed by atoms with Gasteiger partial charge in [-0.2, -0.15) is 0 Å². The van der Waals surface area contributed by atoms with Crippen molar-refractivity contribution in [1.29, 1.82) is 0 Å². The molecule has 0 aromatic carbocycles. The Bertz CT molecular complexity index is 817. The Labute approximate surface area is 255 Å². The summed E-state index contributed by atoms with van der Waals surface area (Å²) in [6.45, 7) is 3.77. The molecule has 0 spiro atoms. The number of hydrogen-bond acceptors (Lipinski definition) is 7. The first kappa shape index (κ1) is 40.4. The van der Waals surface area contributed by atoms with E-state index in [1.54, 1.807) is 6.08 Å². The van der Waals surface area contributed by atoms with E-state index in [2.05, 4.69) is 43.5 Å². The fraction of sp³-hybridized carbons (Fsp3) is 0.719. The third-order valence-corrected chi connectivity index (χ3v) is 7.39. The molecular formula is C32H59N2O7P. The Morgan fingerprint density at radius 3 is 1.98 bits per heavy atom. The highest BCUT2D eigenvalue weighted by Crippen LogP contribution is 2.43. The van der Waals surface area contributed by atoms with Gasteiger partial charge in [-0.1, -0.05) is 94.6 Å². The molecule has 0 aromatic heterocycles. The summed E-state index contributed by atoms with van der Waals surface area (Å²) in [5.41, 5.74) is 5.31. The zero-order chi connectivity index (χ0) is 31.3. The minimum absolute atomic E-state index is 0.0364. The van der Waals surface area contributed by atoms with E-state index in [0.29, 0.717) is 12.8 Å². The van der Waals surface area contributed by atoms with E-state index in [0.717, 1.165) is 38.5 Å². The molecule has 0 aliphatic rings. The summed E-state index contributed by atoms with van der Waals surface area (Å²) in [4.78, 5) is 22.4. The Morgan fingerprint density at radius 1 is 0.810 bits per heavy atom. The summed E-state index contributed by atoms with van der Waals surface area (Å²) in [5, 5.41) is 23.6. The van der Waals surface area contributed by atoms with Gasteiger partial charge in [-0.05, 0) is 57.8 Å². The van der Waals surface area contributed by atoms with Gasteiger partial charge in [0.1, 0.15) is 0 Å². The van der Waals surface area contributed by atoms with Crippen molar-refractivity contribution in [2.45, 2.75) is 128 Å². The molecule has 6 N–H and O–H groups in total. The Kier molecular flexibility index (Phi) is 27.1. The predicted octanol–water partition coefficient (Wildman–Crippen LogP) is 6.40. The van der Waals surface area contributed by atoms with Gasteiger partial charge >= 0.3 is 7.82 Å². The molecule has 0 aliphatic carbocycles. The molecule has 0 saturated heterocycles. The van der Waals surface area contributed by atoms with Crippen LogP contribution in [0.5, 0.6) is 0 Å². The number of allylic oxidation sites excluding steroid dienone is 6. The van der Waals surface area contributed by atoms with Crippen LogP contribution in [0, 0.1) is 0 Å². The number of carbonyl (C=O) groups is 1. The number of rotatable bonds is 28. The van der Waals surface area contributed by atoms with E-state index in [1.807, 2.05) is 12.2 Å². The van der Waals surface area contributed by atoms with Crippen molar-refractivity contribution in [1.82, 2.24) is 5.32 Å². The maximum absolute atomic E-state index is 12.6. The van der Waals surface area contributed by atoms with Gasteiger partial charge in [0, 0.05) is 6.54 Å². The third-order valence-electron chi connectivity index (χ3n) is 6.41. The van der Waals surface area contributed by atoms with Gasteiger partial charge in [0.15, 0.2) is 0 Å². The van der Waals surface area contributed by atoms with Crippen LogP contribution < -0.4 is 11.1 Å². The summed E-state index contributed by atoms with van der Waals surface area (Å²) in [7, 11) is -4.40. The largest absolute Gasteiger partial charge is 0.472 e. The normalized spacial score (nSPS) is 16.0. The molecule has 0 aliphatic heterocycles. The van der Waals surface area contributed by atoms with Crippen molar-refractivity contribution in [2.24, 2.45) is 5.73 Å². The highest BCUT2D eigenvalue weighted by atomic mass is 31.2.